The van der Waals surface area contributed by atoms with E-state index in [0.29, 0.717) is 5.92 Å². The predicted molar refractivity (Wildman–Crippen MR) is 106 cm³/mol. The number of nitrogens with zero attached hydrogens (tertiary/aromatic N) is 5. The number of ether oxygens (including phenoxy) is 2. The lowest BCUT2D eigenvalue weighted by atomic mass is 9.92. The summed E-state index contributed by atoms with van der Waals surface area (Å²) >= 11 is 0. The molecule has 0 bridgehead atoms. The van der Waals surface area contributed by atoms with Crippen LogP contribution in [0.4, 0.5) is 0 Å². The topological polar surface area (TPSA) is 71.4 Å². The van der Waals surface area contributed by atoms with Crippen LogP contribution in [0.2, 0.25) is 0 Å². The number of rotatable bonds is 6. The molecule has 4 heterocycles. The molecular formula is C20H32N6O2. The van der Waals surface area contributed by atoms with Gasteiger partial charge in [0, 0.05) is 56.9 Å². The quantitative estimate of drug-likeness (QED) is 0.812. The first kappa shape index (κ1) is 19.4. The Labute approximate surface area is 166 Å². The van der Waals surface area contributed by atoms with E-state index in [0.717, 1.165) is 64.1 Å². The number of methoxy groups -OCH3 is 1. The summed E-state index contributed by atoms with van der Waals surface area (Å²) in [4.78, 5) is 4.99. The van der Waals surface area contributed by atoms with E-state index in [9.17, 15) is 0 Å². The molecule has 0 radical (unpaired) electrons. The molecule has 2 aliphatic rings. The minimum absolute atomic E-state index is 0.496. The normalized spacial score (nSPS) is 21.9. The number of morpholine rings is 1. The molecule has 0 aromatic carbocycles. The molecule has 1 atom stereocenters. The van der Waals surface area contributed by atoms with E-state index in [1.165, 1.54) is 29.7 Å². The molecule has 2 aromatic heterocycles. The van der Waals surface area contributed by atoms with Crippen LogP contribution in [0.3, 0.4) is 0 Å². The summed E-state index contributed by atoms with van der Waals surface area (Å²) in [6.07, 6.45) is 4.41. The molecule has 4 rings (SSSR count). The van der Waals surface area contributed by atoms with Crippen molar-refractivity contribution >= 4 is 0 Å². The fraction of sp³-hybridized carbons (Fsp3) is 0.700. The average molecular weight is 389 g/mol. The van der Waals surface area contributed by atoms with Gasteiger partial charge in [-0.05, 0) is 26.3 Å². The largest absolute Gasteiger partial charge is 0.481 e. The molecule has 8 heteroatoms. The van der Waals surface area contributed by atoms with E-state index in [-0.39, 0.29) is 0 Å². The molecular weight excluding hydrogens is 356 g/mol. The van der Waals surface area contributed by atoms with Gasteiger partial charge >= 0.3 is 0 Å². The van der Waals surface area contributed by atoms with Crippen LogP contribution in [0, 0.1) is 6.92 Å². The number of aromatic nitrogens is 4. The third-order valence-electron chi connectivity index (χ3n) is 6.03. The molecule has 0 aliphatic carbocycles. The smallest absolute Gasteiger partial charge is 0.216 e. The standard InChI is InChI=1S/C20H32N6O2/c1-15-18(20(27-3)24(2)23-15)14-26-6-4-5-16(12-26)19-17(11-21-22-19)13-25-7-9-28-10-8-25/h11,16H,4-10,12-14H2,1-3H3,(H,21,22)/t16-/m0/s1. The Balaban J connectivity index is 1.44. The van der Waals surface area contributed by atoms with E-state index >= 15 is 0 Å². The molecule has 0 amide bonds. The van der Waals surface area contributed by atoms with Crippen LogP contribution in [0.15, 0.2) is 6.20 Å². The van der Waals surface area contributed by atoms with Crippen molar-refractivity contribution in [3.63, 3.8) is 0 Å². The van der Waals surface area contributed by atoms with E-state index < -0.39 is 0 Å². The highest BCUT2D eigenvalue weighted by atomic mass is 16.5. The van der Waals surface area contributed by atoms with Gasteiger partial charge < -0.3 is 9.47 Å². The van der Waals surface area contributed by atoms with Crippen molar-refractivity contribution in [1.29, 1.82) is 0 Å². The van der Waals surface area contributed by atoms with Crippen molar-refractivity contribution in [3.8, 4) is 5.88 Å². The van der Waals surface area contributed by atoms with Gasteiger partial charge in [0.15, 0.2) is 0 Å². The third kappa shape index (κ3) is 4.09. The maximum Gasteiger partial charge on any atom is 0.216 e. The Morgan fingerprint density at radius 2 is 2.04 bits per heavy atom. The fourth-order valence-corrected chi connectivity index (χ4v) is 4.58. The summed E-state index contributed by atoms with van der Waals surface area (Å²) < 4.78 is 12.9. The summed E-state index contributed by atoms with van der Waals surface area (Å²) in [7, 11) is 3.67. The Morgan fingerprint density at radius 3 is 2.82 bits per heavy atom. The van der Waals surface area contributed by atoms with Crippen molar-refractivity contribution in [2.24, 2.45) is 7.05 Å². The van der Waals surface area contributed by atoms with Crippen LogP contribution in [-0.2, 0) is 24.9 Å². The number of piperidine rings is 1. The van der Waals surface area contributed by atoms with Crippen molar-refractivity contribution in [2.45, 2.75) is 38.8 Å². The summed E-state index contributed by atoms with van der Waals surface area (Å²) in [5.41, 5.74) is 4.90. The molecule has 0 unspecified atom stereocenters. The summed E-state index contributed by atoms with van der Waals surface area (Å²) in [5, 5.41) is 12.2. The van der Waals surface area contributed by atoms with Crippen LogP contribution in [0.1, 0.15) is 41.3 Å². The van der Waals surface area contributed by atoms with Crippen molar-refractivity contribution in [2.75, 3.05) is 46.5 Å². The number of likely N-dealkylation sites (tertiary alicyclic amines) is 1. The average Bonchev–Trinajstić information content (AvgIpc) is 3.27. The van der Waals surface area contributed by atoms with E-state index in [1.54, 1.807) is 7.11 Å². The summed E-state index contributed by atoms with van der Waals surface area (Å²) in [6.45, 7) is 9.72. The lowest BCUT2D eigenvalue weighted by Gasteiger charge is -2.33. The molecule has 2 fully saturated rings. The Hall–Kier alpha value is -1.90. The van der Waals surface area contributed by atoms with Gasteiger partial charge in [0.1, 0.15) is 0 Å². The lowest BCUT2D eigenvalue weighted by molar-refractivity contribution is 0.0339. The molecule has 0 saturated carbocycles. The zero-order chi connectivity index (χ0) is 19.5. The number of H-pyrrole nitrogens is 1. The van der Waals surface area contributed by atoms with Crippen molar-refractivity contribution in [3.05, 3.63) is 28.7 Å². The number of hydrogen-bond donors (Lipinski definition) is 1. The SMILES string of the molecule is COc1c(CN2CCC[C@H](c3[nH]ncc3CN3CCOCC3)C2)c(C)nn1C. The van der Waals surface area contributed by atoms with E-state index in [4.69, 9.17) is 9.47 Å². The molecule has 28 heavy (non-hydrogen) atoms. The molecule has 2 aliphatic heterocycles. The van der Waals surface area contributed by atoms with Crippen molar-refractivity contribution < 1.29 is 9.47 Å². The number of aryl methyl sites for hydroxylation is 2. The van der Waals surface area contributed by atoms with Crippen LogP contribution in [-0.4, -0.2) is 76.3 Å². The summed E-state index contributed by atoms with van der Waals surface area (Å²) in [6, 6.07) is 0. The Morgan fingerprint density at radius 1 is 1.21 bits per heavy atom. The van der Waals surface area contributed by atoms with E-state index in [1.807, 2.05) is 17.9 Å². The molecule has 154 valence electrons. The fourth-order valence-electron chi connectivity index (χ4n) is 4.58. The van der Waals surface area contributed by atoms with Gasteiger partial charge in [0.25, 0.3) is 0 Å². The van der Waals surface area contributed by atoms with Crippen LogP contribution in [0.25, 0.3) is 0 Å². The Bertz CT molecular complexity index is 780. The summed E-state index contributed by atoms with van der Waals surface area (Å²) in [5.74, 6) is 1.37. The number of aromatic amines is 1. The van der Waals surface area contributed by atoms with Crippen LogP contribution in [0.5, 0.6) is 5.88 Å². The highest BCUT2D eigenvalue weighted by Crippen LogP contribution is 2.31. The zero-order valence-corrected chi connectivity index (χ0v) is 17.3. The number of nitrogens with one attached hydrogen (secondary N) is 1. The highest BCUT2D eigenvalue weighted by molar-refractivity contribution is 5.31. The molecule has 2 saturated heterocycles. The zero-order valence-electron chi connectivity index (χ0n) is 17.3. The van der Waals surface area contributed by atoms with Crippen LogP contribution < -0.4 is 4.74 Å². The van der Waals surface area contributed by atoms with Gasteiger partial charge in [-0.15, -0.1) is 0 Å². The first-order valence-electron chi connectivity index (χ1n) is 10.3. The monoisotopic (exact) mass is 388 g/mol. The maximum atomic E-state index is 5.58. The molecule has 2 aromatic rings. The van der Waals surface area contributed by atoms with Gasteiger partial charge in [0.05, 0.1) is 37.8 Å². The Kier molecular flexibility index (Phi) is 5.99. The molecule has 0 spiro atoms. The second-order valence-electron chi connectivity index (χ2n) is 7.97. The van der Waals surface area contributed by atoms with E-state index in [2.05, 4.69) is 32.0 Å². The second-order valence-corrected chi connectivity index (χ2v) is 7.97. The maximum absolute atomic E-state index is 5.58. The van der Waals surface area contributed by atoms with Gasteiger partial charge in [0.2, 0.25) is 5.88 Å². The second kappa shape index (κ2) is 8.63. The molecule has 1 N–H and O–H groups in total. The van der Waals surface area contributed by atoms with Gasteiger partial charge in [-0.3, -0.25) is 14.9 Å². The predicted octanol–water partition coefficient (Wildman–Crippen LogP) is 1.67. The minimum Gasteiger partial charge on any atom is -0.481 e. The highest BCUT2D eigenvalue weighted by Gasteiger charge is 2.27. The molecule has 8 nitrogen and oxygen atoms in total. The van der Waals surface area contributed by atoms with Crippen LogP contribution >= 0.6 is 0 Å². The number of hydrogen-bond acceptors (Lipinski definition) is 6. The first-order chi connectivity index (χ1) is 13.7. The van der Waals surface area contributed by atoms with Gasteiger partial charge in [-0.2, -0.15) is 10.2 Å². The first-order valence-corrected chi connectivity index (χ1v) is 10.3. The third-order valence-corrected chi connectivity index (χ3v) is 6.03. The lowest BCUT2D eigenvalue weighted by Crippen LogP contribution is -2.37. The van der Waals surface area contributed by atoms with Gasteiger partial charge in [-0.25, -0.2) is 4.68 Å². The van der Waals surface area contributed by atoms with Crippen molar-refractivity contribution in [1.82, 2.24) is 29.8 Å². The van der Waals surface area contributed by atoms with Gasteiger partial charge in [-0.1, -0.05) is 0 Å². The minimum atomic E-state index is 0.496.